The van der Waals surface area contributed by atoms with Crippen molar-refractivity contribution in [2.24, 2.45) is 5.41 Å². The van der Waals surface area contributed by atoms with E-state index in [1.165, 1.54) is 29.5 Å². The van der Waals surface area contributed by atoms with Crippen molar-refractivity contribution in [2.45, 2.75) is 46.0 Å². The SMILES string of the molecule is Cc1ccc(C(C)C)cc1CC1(CO)CC1. The first kappa shape index (κ1) is 11.7. The normalized spacial score (nSPS) is 17.8. The fourth-order valence-corrected chi connectivity index (χ4v) is 2.21. The van der Waals surface area contributed by atoms with Crippen molar-refractivity contribution < 1.29 is 5.11 Å². The largest absolute Gasteiger partial charge is 0.396 e. The van der Waals surface area contributed by atoms with E-state index in [0.29, 0.717) is 12.5 Å². The molecule has 0 radical (unpaired) electrons. The van der Waals surface area contributed by atoms with Gasteiger partial charge in [-0.1, -0.05) is 32.0 Å². The standard InChI is InChI=1S/C15H22O/c1-11(2)13-5-4-12(3)14(8-13)9-15(10-16)6-7-15/h4-5,8,11,16H,6-7,9-10H2,1-3H3. The minimum Gasteiger partial charge on any atom is -0.396 e. The number of aliphatic hydroxyl groups is 1. The third kappa shape index (κ3) is 2.30. The molecule has 1 aliphatic rings. The van der Waals surface area contributed by atoms with Crippen molar-refractivity contribution in [3.63, 3.8) is 0 Å². The van der Waals surface area contributed by atoms with Crippen LogP contribution in [-0.2, 0) is 6.42 Å². The Labute approximate surface area is 98.5 Å². The summed E-state index contributed by atoms with van der Waals surface area (Å²) in [6, 6.07) is 6.77. The molecule has 0 atom stereocenters. The topological polar surface area (TPSA) is 20.2 Å². The summed E-state index contributed by atoms with van der Waals surface area (Å²) in [5.41, 5.74) is 4.43. The van der Waals surface area contributed by atoms with Gasteiger partial charge in [-0.05, 0) is 54.2 Å². The van der Waals surface area contributed by atoms with Crippen LogP contribution in [-0.4, -0.2) is 11.7 Å². The number of hydrogen-bond acceptors (Lipinski definition) is 1. The van der Waals surface area contributed by atoms with E-state index in [1.807, 2.05) is 0 Å². The lowest BCUT2D eigenvalue weighted by Crippen LogP contribution is -2.11. The molecule has 0 aliphatic heterocycles. The van der Waals surface area contributed by atoms with Crippen LogP contribution in [0.4, 0.5) is 0 Å². The highest BCUT2D eigenvalue weighted by molar-refractivity contribution is 5.34. The lowest BCUT2D eigenvalue weighted by molar-refractivity contribution is 0.211. The molecule has 0 bridgehead atoms. The summed E-state index contributed by atoms with van der Waals surface area (Å²) in [5.74, 6) is 0.587. The van der Waals surface area contributed by atoms with Gasteiger partial charge in [0.1, 0.15) is 0 Å². The highest BCUT2D eigenvalue weighted by Crippen LogP contribution is 2.48. The molecule has 2 rings (SSSR count). The van der Waals surface area contributed by atoms with Crippen LogP contribution < -0.4 is 0 Å². The van der Waals surface area contributed by atoms with Crippen LogP contribution in [0.2, 0.25) is 0 Å². The van der Waals surface area contributed by atoms with E-state index in [2.05, 4.69) is 39.0 Å². The lowest BCUT2D eigenvalue weighted by atomic mass is 9.91. The smallest absolute Gasteiger partial charge is 0.0490 e. The Morgan fingerprint density at radius 1 is 1.31 bits per heavy atom. The van der Waals surface area contributed by atoms with Gasteiger partial charge >= 0.3 is 0 Å². The van der Waals surface area contributed by atoms with E-state index in [9.17, 15) is 5.11 Å². The molecule has 1 aliphatic carbocycles. The Morgan fingerprint density at radius 2 is 2.00 bits per heavy atom. The van der Waals surface area contributed by atoms with Gasteiger partial charge in [0.25, 0.3) is 0 Å². The molecule has 0 spiro atoms. The molecule has 1 nitrogen and oxygen atoms in total. The van der Waals surface area contributed by atoms with Gasteiger partial charge < -0.3 is 5.11 Å². The molecule has 0 unspecified atom stereocenters. The van der Waals surface area contributed by atoms with Gasteiger partial charge in [0, 0.05) is 6.61 Å². The van der Waals surface area contributed by atoms with Gasteiger partial charge in [-0.3, -0.25) is 0 Å². The lowest BCUT2D eigenvalue weighted by Gasteiger charge is -2.16. The number of benzene rings is 1. The highest BCUT2D eigenvalue weighted by Gasteiger charge is 2.42. The molecular formula is C15H22O. The van der Waals surface area contributed by atoms with Gasteiger partial charge in [-0.25, -0.2) is 0 Å². The summed E-state index contributed by atoms with van der Waals surface area (Å²) in [6.45, 7) is 6.98. The third-order valence-electron chi connectivity index (χ3n) is 3.90. The Balaban J connectivity index is 2.22. The van der Waals surface area contributed by atoms with Crippen molar-refractivity contribution in [1.29, 1.82) is 0 Å². The fraction of sp³-hybridized carbons (Fsp3) is 0.600. The molecule has 0 aromatic heterocycles. The van der Waals surface area contributed by atoms with Gasteiger partial charge in [-0.15, -0.1) is 0 Å². The van der Waals surface area contributed by atoms with Crippen molar-refractivity contribution in [2.75, 3.05) is 6.61 Å². The Morgan fingerprint density at radius 3 is 2.50 bits per heavy atom. The van der Waals surface area contributed by atoms with Crippen molar-refractivity contribution in [1.82, 2.24) is 0 Å². The van der Waals surface area contributed by atoms with Crippen molar-refractivity contribution in [3.8, 4) is 0 Å². The van der Waals surface area contributed by atoms with Gasteiger partial charge in [-0.2, -0.15) is 0 Å². The van der Waals surface area contributed by atoms with Crippen LogP contribution in [0.5, 0.6) is 0 Å². The maximum absolute atomic E-state index is 9.39. The monoisotopic (exact) mass is 218 g/mol. The maximum atomic E-state index is 9.39. The molecule has 1 N–H and O–H groups in total. The minimum atomic E-state index is 0.223. The first-order valence-electron chi connectivity index (χ1n) is 6.27. The molecule has 1 aromatic carbocycles. The second-order valence-corrected chi connectivity index (χ2v) is 5.68. The molecule has 88 valence electrons. The first-order chi connectivity index (χ1) is 7.56. The van der Waals surface area contributed by atoms with Crippen LogP contribution in [0.25, 0.3) is 0 Å². The maximum Gasteiger partial charge on any atom is 0.0490 e. The zero-order chi connectivity index (χ0) is 11.8. The Hall–Kier alpha value is -0.820. The zero-order valence-corrected chi connectivity index (χ0v) is 10.6. The van der Waals surface area contributed by atoms with Gasteiger partial charge in [0.15, 0.2) is 0 Å². The van der Waals surface area contributed by atoms with Crippen LogP contribution in [0.15, 0.2) is 18.2 Å². The van der Waals surface area contributed by atoms with Crippen molar-refractivity contribution >= 4 is 0 Å². The van der Waals surface area contributed by atoms with Crippen LogP contribution in [0.3, 0.4) is 0 Å². The summed E-state index contributed by atoms with van der Waals surface area (Å²) in [5, 5.41) is 9.39. The predicted octanol–water partition coefficient (Wildman–Crippen LogP) is 3.43. The Kier molecular flexibility index (Phi) is 3.07. The van der Waals surface area contributed by atoms with E-state index < -0.39 is 0 Å². The van der Waals surface area contributed by atoms with E-state index in [0.717, 1.165) is 6.42 Å². The molecule has 16 heavy (non-hydrogen) atoms. The zero-order valence-electron chi connectivity index (χ0n) is 10.6. The summed E-state index contributed by atoms with van der Waals surface area (Å²) in [7, 11) is 0. The average Bonchev–Trinajstić information content (AvgIpc) is 3.02. The summed E-state index contributed by atoms with van der Waals surface area (Å²) >= 11 is 0. The average molecular weight is 218 g/mol. The summed E-state index contributed by atoms with van der Waals surface area (Å²) in [6.07, 6.45) is 3.43. The molecule has 1 heteroatoms. The number of hydrogen-bond donors (Lipinski definition) is 1. The Bertz CT molecular complexity index is 375. The minimum absolute atomic E-state index is 0.223. The number of aliphatic hydroxyl groups excluding tert-OH is 1. The first-order valence-corrected chi connectivity index (χ1v) is 6.27. The fourth-order valence-electron chi connectivity index (χ4n) is 2.21. The highest BCUT2D eigenvalue weighted by atomic mass is 16.3. The van der Waals surface area contributed by atoms with Crippen molar-refractivity contribution in [3.05, 3.63) is 34.9 Å². The van der Waals surface area contributed by atoms with Crippen LogP contribution in [0.1, 0.15) is 49.3 Å². The quantitative estimate of drug-likeness (QED) is 0.821. The van der Waals surface area contributed by atoms with Crippen LogP contribution >= 0.6 is 0 Å². The van der Waals surface area contributed by atoms with Crippen LogP contribution in [0, 0.1) is 12.3 Å². The third-order valence-corrected chi connectivity index (χ3v) is 3.90. The molecule has 0 saturated heterocycles. The molecule has 1 fully saturated rings. The van der Waals surface area contributed by atoms with E-state index in [4.69, 9.17) is 0 Å². The van der Waals surface area contributed by atoms with E-state index in [-0.39, 0.29) is 5.41 Å². The van der Waals surface area contributed by atoms with Gasteiger partial charge in [0.2, 0.25) is 0 Å². The number of rotatable bonds is 4. The second-order valence-electron chi connectivity index (χ2n) is 5.68. The molecular weight excluding hydrogens is 196 g/mol. The second kappa shape index (κ2) is 4.21. The van der Waals surface area contributed by atoms with E-state index >= 15 is 0 Å². The van der Waals surface area contributed by atoms with Gasteiger partial charge in [0.05, 0.1) is 0 Å². The number of aryl methyl sites for hydroxylation is 1. The molecule has 0 amide bonds. The predicted molar refractivity (Wildman–Crippen MR) is 67.7 cm³/mol. The molecule has 1 saturated carbocycles. The molecule has 0 heterocycles. The summed E-state index contributed by atoms with van der Waals surface area (Å²) < 4.78 is 0. The summed E-state index contributed by atoms with van der Waals surface area (Å²) in [4.78, 5) is 0. The van der Waals surface area contributed by atoms with E-state index in [1.54, 1.807) is 0 Å². The molecule has 1 aromatic rings.